The molecule has 6 nitrogen and oxygen atoms in total. The maximum atomic E-state index is 12.5. The van der Waals surface area contributed by atoms with Crippen LogP contribution in [-0.2, 0) is 20.2 Å². The van der Waals surface area contributed by atoms with Gasteiger partial charge in [0, 0.05) is 6.04 Å². The molecule has 0 saturated heterocycles. The van der Waals surface area contributed by atoms with Crippen molar-refractivity contribution in [1.82, 2.24) is 5.32 Å². The second kappa shape index (κ2) is 7.47. The topological polar surface area (TPSA) is 75.7 Å². The third kappa shape index (κ3) is 4.69. The summed E-state index contributed by atoms with van der Waals surface area (Å²) < 4.78 is 31.8. The number of benzene rings is 1. The Morgan fingerprint density at radius 2 is 2.04 bits per heavy atom. The number of rotatable bonds is 5. The van der Waals surface area contributed by atoms with Crippen LogP contribution in [0.5, 0.6) is 5.75 Å². The van der Waals surface area contributed by atoms with Crippen molar-refractivity contribution in [2.24, 2.45) is 0 Å². The molecule has 146 valence electrons. The van der Waals surface area contributed by atoms with Gasteiger partial charge in [-0.15, -0.1) is 0 Å². The van der Waals surface area contributed by atoms with Crippen LogP contribution in [0.15, 0.2) is 18.2 Å². The van der Waals surface area contributed by atoms with Crippen molar-refractivity contribution in [3.63, 3.8) is 0 Å². The van der Waals surface area contributed by atoms with Gasteiger partial charge in [0.25, 0.3) is 5.91 Å². The van der Waals surface area contributed by atoms with Crippen molar-refractivity contribution >= 4 is 21.6 Å². The zero-order valence-electron chi connectivity index (χ0n) is 16.5. The van der Waals surface area contributed by atoms with Crippen LogP contribution in [-0.4, -0.2) is 39.3 Å². The third-order valence-electron chi connectivity index (χ3n) is 4.50. The molecule has 1 heterocycles. The Bertz CT molecular complexity index is 768. The molecule has 2 atom stereocenters. The molecule has 0 bridgehead atoms. The smallest absolute Gasteiger partial charge is 0.263 e. The molecule has 1 amide bonds. The standard InChI is InChI=1S/C19H30N2O4S/c1-7-8-13(2)20-18(22)17-12-21(26(6,23)24)15-11-14(19(3,4)5)9-10-16(15)25-17/h9-11,13,17H,7-8,12H2,1-6H3,(H,20,22). The van der Waals surface area contributed by atoms with Gasteiger partial charge in [0.1, 0.15) is 5.75 Å². The van der Waals surface area contributed by atoms with Crippen LogP contribution >= 0.6 is 0 Å². The van der Waals surface area contributed by atoms with E-state index in [4.69, 9.17) is 4.74 Å². The number of ether oxygens (including phenoxy) is 1. The Balaban J connectivity index is 2.36. The highest BCUT2D eigenvalue weighted by molar-refractivity contribution is 7.92. The normalized spacial score (nSPS) is 18.7. The molecule has 1 aromatic carbocycles. The van der Waals surface area contributed by atoms with Gasteiger partial charge in [0.2, 0.25) is 10.0 Å². The van der Waals surface area contributed by atoms with E-state index in [0.29, 0.717) is 11.4 Å². The number of carbonyl (C=O) groups excluding carboxylic acids is 1. The van der Waals surface area contributed by atoms with Gasteiger partial charge < -0.3 is 10.1 Å². The summed E-state index contributed by atoms with van der Waals surface area (Å²) >= 11 is 0. The monoisotopic (exact) mass is 382 g/mol. The van der Waals surface area contributed by atoms with Gasteiger partial charge in [-0.2, -0.15) is 0 Å². The predicted octanol–water partition coefficient (Wildman–Crippen LogP) is 2.82. The number of anilines is 1. The van der Waals surface area contributed by atoms with Gasteiger partial charge >= 0.3 is 0 Å². The molecule has 1 N–H and O–H groups in total. The number of carbonyl (C=O) groups is 1. The number of fused-ring (bicyclic) bond motifs is 1. The minimum Gasteiger partial charge on any atom is -0.476 e. The van der Waals surface area contributed by atoms with E-state index in [9.17, 15) is 13.2 Å². The summed E-state index contributed by atoms with van der Waals surface area (Å²) in [5.74, 6) is 0.128. The Morgan fingerprint density at radius 1 is 1.38 bits per heavy atom. The van der Waals surface area contributed by atoms with Gasteiger partial charge in [-0.05, 0) is 36.5 Å². The van der Waals surface area contributed by atoms with E-state index in [2.05, 4.69) is 26.1 Å². The van der Waals surface area contributed by atoms with Crippen LogP contribution in [0.2, 0.25) is 0 Å². The summed E-state index contributed by atoms with van der Waals surface area (Å²) in [6.07, 6.45) is 2.11. The average molecular weight is 383 g/mol. The number of hydrogen-bond acceptors (Lipinski definition) is 4. The minimum atomic E-state index is -3.53. The molecule has 26 heavy (non-hydrogen) atoms. The molecule has 0 radical (unpaired) electrons. The second-order valence-corrected chi connectivity index (χ2v) is 9.94. The first-order valence-electron chi connectivity index (χ1n) is 9.02. The van der Waals surface area contributed by atoms with E-state index in [1.54, 1.807) is 6.07 Å². The lowest BCUT2D eigenvalue weighted by Crippen LogP contribution is -2.52. The fraction of sp³-hybridized carbons (Fsp3) is 0.632. The molecular formula is C19H30N2O4S. The fourth-order valence-corrected chi connectivity index (χ4v) is 3.92. The minimum absolute atomic E-state index is 0.0208. The lowest BCUT2D eigenvalue weighted by atomic mass is 9.86. The molecule has 0 saturated carbocycles. The molecule has 2 rings (SSSR count). The first-order chi connectivity index (χ1) is 11.9. The quantitative estimate of drug-likeness (QED) is 0.850. The summed E-state index contributed by atoms with van der Waals surface area (Å²) in [5, 5.41) is 2.90. The molecule has 2 unspecified atom stereocenters. The van der Waals surface area contributed by atoms with Crippen LogP contribution in [0.3, 0.4) is 0 Å². The highest BCUT2D eigenvalue weighted by Gasteiger charge is 2.36. The van der Waals surface area contributed by atoms with Gasteiger partial charge in [-0.1, -0.05) is 40.2 Å². The van der Waals surface area contributed by atoms with Crippen LogP contribution in [0, 0.1) is 0 Å². The number of nitrogens with zero attached hydrogens (tertiary/aromatic N) is 1. The summed E-state index contributed by atoms with van der Waals surface area (Å²) in [6, 6.07) is 5.53. The average Bonchev–Trinajstić information content (AvgIpc) is 2.51. The Morgan fingerprint density at radius 3 is 2.58 bits per heavy atom. The van der Waals surface area contributed by atoms with E-state index in [1.165, 1.54) is 4.31 Å². The fourth-order valence-electron chi connectivity index (χ4n) is 3.01. The molecule has 0 spiro atoms. The van der Waals surface area contributed by atoms with Crippen LogP contribution < -0.4 is 14.4 Å². The predicted molar refractivity (Wildman–Crippen MR) is 104 cm³/mol. The Labute approximate surface area is 157 Å². The molecule has 0 fully saturated rings. The second-order valence-electron chi connectivity index (χ2n) is 8.03. The van der Waals surface area contributed by atoms with Crippen molar-refractivity contribution in [2.75, 3.05) is 17.1 Å². The van der Waals surface area contributed by atoms with E-state index in [0.717, 1.165) is 24.7 Å². The van der Waals surface area contributed by atoms with Crippen molar-refractivity contribution in [1.29, 1.82) is 0 Å². The van der Waals surface area contributed by atoms with Crippen molar-refractivity contribution in [3.8, 4) is 5.75 Å². The van der Waals surface area contributed by atoms with Gasteiger partial charge in [0.15, 0.2) is 6.10 Å². The number of hydrogen-bond donors (Lipinski definition) is 1. The van der Waals surface area contributed by atoms with E-state index in [-0.39, 0.29) is 23.9 Å². The Hall–Kier alpha value is -1.76. The van der Waals surface area contributed by atoms with Crippen molar-refractivity contribution in [2.45, 2.75) is 65.0 Å². The number of nitrogens with one attached hydrogen (secondary N) is 1. The third-order valence-corrected chi connectivity index (χ3v) is 5.64. The number of sulfonamides is 1. The lowest BCUT2D eigenvalue weighted by Gasteiger charge is -2.35. The first-order valence-corrected chi connectivity index (χ1v) is 10.9. The molecule has 0 aromatic heterocycles. The maximum absolute atomic E-state index is 12.5. The van der Waals surface area contributed by atoms with E-state index < -0.39 is 16.1 Å². The summed E-state index contributed by atoms with van der Waals surface area (Å²) in [7, 11) is -3.53. The molecular weight excluding hydrogens is 352 g/mol. The molecule has 1 aliphatic rings. The highest BCUT2D eigenvalue weighted by Crippen LogP contribution is 2.38. The van der Waals surface area contributed by atoms with Gasteiger partial charge in [-0.3, -0.25) is 9.10 Å². The molecule has 1 aliphatic heterocycles. The molecule has 1 aromatic rings. The zero-order chi connectivity index (χ0) is 19.7. The zero-order valence-corrected chi connectivity index (χ0v) is 17.3. The van der Waals surface area contributed by atoms with Gasteiger partial charge in [0.05, 0.1) is 18.5 Å². The van der Waals surface area contributed by atoms with Crippen LogP contribution in [0.25, 0.3) is 0 Å². The van der Waals surface area contributed by atoms with Crippen LogP contribution in [0.1, 0.15) is 53.0 Å². The van der Waals surface area contributed by atoms with E-state index in [1.807, 2.05) is 26.0 Å². The summed E-state index contributed by atoms with van der Waals surface area (Å²) in [4.78, 5) is 12.5. The lowest BCUT2D eigenvalue weighted by molar-refractivity contribution is -0.128. The maximum Gasteiger partial charge on any atom is 0.263 e. The Kier molecular flexibility index (Phi) is 5.90. The van der Waals surface area contributed by atoms with Crippen molar-refractivity contribution < 1.29 is 17.9 Å². The van der Waals surface area contributed by atoms with Crippen molar-refractivity contribution in [3.05, 3.63) is 23.8 Å². The largest absolute Gasteiger partial charge is 0.476 e. The molecule has 7 heteroatoms. The van der Waals surface area contributed by atoms with E-state index >= 15 is 0 Å². The summed E-state index contributed by atoms with van der Waals surface area (Å²) in [6.45, 7) is 10.2. The van der Waals surface area contributed by atoms with Crippen LogP contribution in [0.4, 0.5) is 5.69 Å². The van der Waals surface area contributed by atoms with Gasteiger partial charge in [-0.25, -0.2) is 8.42 Å². The molecule has 0 aliphatic carbocycles. The number of amides is 1. The highest BCUT2D eigenvalue weighted by atomic mass is 32.2. The SMILES string of the molecule is CCCC(C)NC(=O)C1CN(S(C)(=O)=O)c2cc(C(C)(C)C)ccc2O1. The summed E-state index contributed by atoms with van der Waals surface area (Å²) in [5.41, 5.74) is 1.38. The first kappa shape index (κ1) is 20.6.